The molecule has 0 radical (unpaired) electrons. The first-order valence-corrected chi connectivity index (χ1v) is 12.0. The van der Waals surface area contributed by atoms with Crippen LogP contribution < -0.4 is 15.5 Å². The van der Waals surface area contributed by atoms with Crippen LogP contribution in [0, 0.1) is 0 Å². The lowest BCUT2D eigenvalue weighted by molar-refractivity contribution is 0.396. The smallest absolute Gasteiger partial charge is 0.211 e. The van der Waals surface area contributed by atoms with Crippen molar-refractivity contribution in [3.8, 4) is 0 Å². The van der Waals surface area contributed by atoms with E-state index in [0.29, 0.717) is 18.1 Å². The Morgan fingerprint density at radius 3 is 2.93 bits per heavy atom. The fourth-order valence-corrected chi connectivity index (χ4v) is 5.23. The molecule has 1 aromatic heterocycles. The molecule has 2 saturated heterocycles. The Labute approximate surface area is 172 Å². The Morgan fingerprint density at radius 2 is 2.21 bits per heavy atom. The minimum atomic E-state index is -3.18. The molecule has 3 rings (SSSR count). The molecular formula is C18H29ClN6O2S. The van der Waals surface area contributed by atoms with Crippen LogP contribution in [0.5, 0.6) is 0 Å². The average molecular weight is 429 g/mol. The predicted molar refractivity (Wildman–Crippen MR) is 114 cm³/mol. The molecule has 0 bridgehead atoms. The second-order valence-corrected chi connectivity index (χ2v) is 9.62. The maximum Gasteiger partial charge on any atom is 0.211 e. The maximum atomic E-state index is 11.9. The standard InChI is InChI=1S/C18H29ClN6O2S/c1-3-20-18(22-12-15-6-5-10-25(15)28(2,26)27)23-14-8-11-24(13-14)17-16(19)7-4-9-21-17/h4,7,9,14-15H,3,5-6,8,10-13H2,1-2H3,(H2,20,22,23)/t14?,15-/m1/s1. The highest BCUT2D eigenvalue weighted by Crippen LogP contribution is 2.25. The lowest BCUT2D eigenvalue weighted by Crippen LogP contribution is -2.45. The van der Waals surface area contributed by atoms with Crippen LogP contribution >= 0.6 is 11.6 Å². The first-order chi connectivity index (χ1) is 13.4. The molecule has 1 unspecified atom stereocenters. The highest BCUT2D eigenvalue weighted by molar-refractivity contribution is 7.88. The molecule has 3 heterocycles. The van der Waals surface area contributed by atoms with Crippen molar-refractivity contribution in [2.75, 3.05) is 43.9 Å². The van der Waals surface area contributed by atoms with Crippen LogP contribution in [-0.4, -0.2) is 74.7 Å². The second kappa shape index (κ2) is 9.28. The molecule has 2 aliphatic rings. The van der Waals surface area contributed by atoms with E-state index in [1.807, 2.05) is 19.1 Å². The highest BCUT2D eigenvalue weighted by atomic mass is 35.5. The summed E-state index contributed by atoms with van der Waals surface area (Å²) in [7, 11) is -3.18. The van der Waals surface area contributed by atoms with Gasteiger partial charge in [-0.3, -0.25) is 4.99 Å². The van der Waals surface area contributed by atoms with Crippen LogP contribution in [0.15, 0.2) is 23.3 Å². The van der Waals surface area contributed by atoms with Gasteiger partial charge in [0.15, 0.2) is 5.96 Å². The first-order valence-electron chi connectivity index (χ1n) is 9.75. The molecule has 0 aliphatic carbocycles. The third-order valence-electron chi connectivity index (χ3n) is 5.12. The van der Waals surface area contributed by atoms with Gasteiger partial charge in [0, 0.05) is 44.5 Å². The minimum absolute atomic E-state index is 0.0575. The lowest BCUT2D eigenvalue weighted by atomic mass is 10.2. The van der Waals surface area contributed by atoms with Gasteiger partial charge in [-0.2, -0.15) is 4.31 Å². The number of guanidine groups is 1. The Kier molecular flexibility index (Phi) is 7.00. The summed E-state index contributed by atoms with van der Waals surface area (Å²) in [6, 6.07) is 3.85. The third-order valence-corrected chi connectivity index (χ3v) is 6.75. The summed E-state index contributed by atoms with van der Waals surface area (Å²) >= 11 is 6.27. The number of sulfonamides is 1. The summed E-state index contributed by atoms with van der Waals surface area (Å²) in [5, 5.41) is 7.39. The second-order valence-electron chi connectivity index (χ2n) is 7.27. The van der Waals surface area contributed by atoms with Crippen LogP contribution in [0.3, 0.4) is 0 Å². The molecule has 156 valence electrons. The number of nitrogens with zero attached hydrogens (tertiary/aromatic N) is 4. The lowest BCUT2D eigenvalue weighted by Gasteiger charge is -2.22. The first kappa shape index (κ1) is 21.1. The summed E-state index contributed by atoms with van der Waals surface area (Å²) in [4.78, 5) is 11.2. The van der Waals surface area contributed by atoms with Crippen LogP contribution in [0.4, 0.5) is 5.82 Å². The molecule has 2 fully saturated rings. The zero-order valence-corrected chi connectivity index (χ0v) is 18.0. The maximum absolute atomic E-state index is 11.9. The summed E-state index contributed by atoms with van der Waals surface area (Å²) in [5.41, 5.74) is 0. The number of halogens is 1. The van der Waals surface area contributed by atoms with E-state index in [0.717, 1.165) is 50.7 Å². The fraction of sp³-hybridized carbons (Fsp3) is 0.667. The largest absolute Gasteiger partial charge is 0.357 e. The van der Waals surface area contributed by atoms with Gasteiger partial charge >= 0.3 is 0 Å². The van der Waals surface area contributed by atoms with Gasteiger partial charge in [0.25, 0.3) is 0 Å². The zero-order valence-electron chi connectivity index (χ0n) is 16.4. The van der Waals surface area contributed by atoms with Gasteiger partial charge in [-0.05, 0) is 38.3 Å². The van der Waals surface area contributed by atoms with E-state index in [2.05, 4.69) is 25.5 Å². The number of rotatable bonds is 6. The number of hydrogen-bond donors (Lipinski definition) is 2. The van der Waals surface area contributed by atoms with E-state index in [1.54, 1.807) is 10.5 Å². The zero-order chi connectivity index (χ0) is 20.1. The number of pyridine rings is 1. The van der Waals surface area contributed by atoms with Crippen LogP contribution in [0.2, 0.25) is 5.02 Å². The van der Waals surface area contributed by atoms with Crippen molar-refractivity contribution >= 4 is 33.4 Å². The molecule has 2 N–H and O–H groups in total. The molecule has 0 spiro atoms. The number of anilines is 1. The van der Waals surface area contributed by atoms with Crippen LogP contribution in [-0.2, 0) is 10.0 Å². The van der Waals surface area contributed by atoms with Crippen LogP contribution in [0.1, 0.15) is 26.2 Å². The Hall–Kier alpha value is -1.58. The number of hydrogen-bond acceptors (Lipinski definition) is 5. The van der Waals surface area contributed by atoms with Gasteiger partial charge in [-0.1, -0.05) is 11.6 Å². The van der Waals surface area contributed by atoms with Gasteiger partial charge in [0.2, 0.25) is 10.0 Å². The van der Waals surface area contributed by atoms with Gasteiger partial charge in [-0.15, -0.1) is 0 Å². The van der Waals surface area contributed by atoms with E-state index >= 15 is 0 Å². The normalized spacial score (nSPS) is 24.0. The predicted octanol–water partition coefficient (Wildman–Crippen LogP) is 1.29. The van der Waals surface area contributed by atoms with Gasteiger partial charge in [0.05, 0.1) is 17.8 Å². The summed E-state index contributed by atoms with van der Waals surface area (Å²) in [6.45, 7) is 5.48. The molecule has 8 nitrogen and oxygen atoms in total. The number of aliphatic imine (C=N–C) groups is 1. The Bertz CT molecular complexity index is 803. The van der Waals surface area contributed by atoms with Crippen molar-refractivity contribution < 1.29 is 8.42 Å². The van der Waals surface area contributed by atoms with Crippen LogP contribution in [0.25, 0.3) is 0 Å². The van der Waals surface area contributed by atoms with E-state index in [4.69, 9.17) is 11.6 Å². The summed E-state index contributed by atoms with van der Waals surface area (Å²) in [5.74, 6) is 1.53. The average Bonchev–Trinajstić information content (AvgIpc) is 3.29. The fourth-order valence-electron chi connectivity index (χ4n) is 3.82. The van der Waals surface area contributed by atoms with Crippen molar-refractivity contribution in [3.63, 3.8) is 0 Å². The van der Waals surface area contributed by atoms with Crippen molar-refractivity contribution in [1.82, 2.24) is 19.9 Å². The minimum Gasteiger partial charge on any atom is -0.357 e. The highest BCUT2D eigenvalue weighted by Gasteiger charge is 2.31. The number of nitrogens with one attached hydrogen (secondary N) is 2. The van der Waals surface area contributed by atoms with E-state index in [9.17, 15) is 8.42 Å². The van der Waals surface area contributed by atoms with Gasteiger partial charge < -0.3 is 15.5 Å². The molecule has 0 saturated carbocycles. The van der Waals surface area contributed by atoms with Crippen molar-refractivity contribution in [2.45, 2.75) is 38.3 Å². The Balaban J connectivity index is 1.60. The van der Waals surface area contributed by atoms with Crippen molar-refractivity contribution in [3.05, 3.63) is 23.4 Å². The molecule has 10 heteroatoms. The molecule has 0 aromatic carbocycles. The van der Waals surface area contributed by atoms with Gasteiger partial charge in [0.1, 0.15) is 5.82 Å². The summed E-state index contributed by atoms with van der Waals surface area (Å²) < 4.78 is 25.4. The molecule has 0 amide bonds. The Morgan fingerprint density at radius 1 is 1.39 bits per heavy atom. The quantitative estimate of drug-likeness (QED) is 0.524. The molecule has 28 heavy (non-hydrogen) atoms. The SMILES string of the molecule is CCNC(=NC[C@H]1CCCN1S(C)(=O)=O)NC1CCN(c2ncccc2Cl)C1. The van der Waals surface area contributed by atoms with E-state index in [-0.39, 0.29) is 12.1 Å². The van der Waals surface area contributed by atoms with E-state index < -0.39 is 10.0 Å². The molecular weight excluding hydrogens is 400 g/mol. The summed E-state index contributed by atoms with van der Waals surface area (Å²) in [6.07, 6.45) is 5.72. The van der Waals surface area contributed by atoms with Gasteiger partial charge in [-0.25, -0.2) is 13.4 Å². The van der Waals surface area contributed by atoms with Crippen molar-refractivity contribution in [2.24, 2.45) is 4.99 Å². The van der Waals surface area contributed by atoms with E-state index in [1.165, 1.54) is 6.26 Å². The van der Waals surface area contributed by atoms with Crippen molar-refractivity contribution in [1.29, 1.82) is 0 Å². The number of aromatic nitrogens is 1. The molecule has 1 aromatic rings. The molecule has 2 atom stereocenters. The monoisotopic (exact) mass is 428 g/mol. The topological polar surface area (TPSA) is 89.9 Å². The molecule has 2 aliphatic heterocycles. The third kappa shape index (κ3) is 5.27.